The van der Waals surface area contributed by atoms with Crippen LogP contribution in [0.5, 0.6) is 11.5 Å². The Bertz CT molecular complexity index is 1010. The van der Waals surface area contributed by atoms with Crippen LogP contribution in [-0.4, -0.2) is 31.2 Å². The molecule has 1 unspecified atom stereocenters. The highest BCUT2D eigenvalue weighted by Gasteiger charge is 2.43. The van der Waals surface area contributed by atoms with Crippen molar-refractivity contribution in [3.63, 3.8) is 0 Å². The van der Waals surface area contributed by atoms with E-state index in [-0.39, 0.29) is 19.6 Å². The first kappa shape index (κ1) is 26.3. The zero-order valence-electron chi connectivity index (χ0n) is 18.6. The van der Waals surface area contributed by atoms with Crippen molar-refractivity contribution in [3.05, 3.63) is 65.7 Å². The standard InChI is InChI=1S/C23H31O7PS/c1-4-8-19-11-15-21(16-12-19)30-22-17-13-20(14-18-22)9-7-10-23(32(25,26)27)31(24,28-5-2)29-6-3/h7,9,11-18,23H,4-6,8,10H2,1-3H3,(H,25,26,27)/b9-7+. The van der Waals surface area contributed by atoms with Gasteiger partial charge in [0.15, 0.2) is 4.99 Å². The highest BCUT2D eigenvalue weighted by atomic mass is 32.2. The van der Waals surface area contributed by atoms with E-state index in [2.05, 4.69) is 6.92 Å². The molecule has 1 N–H and O–H groups in total. The van der Waals surface area contributed by atoms with Crippen molar-refractivity contribution in [3.8, 4) is 11.5 Å². The zero-order chi connectivity index (χ0) is 23.6. The first-order valence-corrected chi connectivity index (χ1v) is 13.7. The second-order valence-electron chi connectivity index (χ2n) is 7.05. The lowest BCUT2D eigenvalue weighted by Crippen LogP contribution is -2.22. The van der Waals surface area contributed by atoms with Gasteiger partial charge in [0.2, 0.25) is 0 Å². The molecule has 7 nitrogen and oxygen atoms in total. The van der Waals surface area contributed by atoms with Crippen LogP contribution in [0.15, 0.2) is 54.6 Å². The number of hydrogen-bond donors (Lipinski definition) is 1. The lowest BCUT2D eigenvalue weighted by atomic mass is 10.1. The molecule has 0 saturated carbocycles. The van der Waals surface area contributed by atoms with Gasteiger partial charge >= 0.3 is 7.60 Å². The first-order valence-electron chi connectivity index (χ1n) is 10.6. The van der Waals surface area contributed by atoms with Gasteiger partial charge in [-0.2, -0.15) is 8.42 Å². The second-order valence-corrected chi connectivity index (χ2v) is 11.2. The predicted octanol–water partition coefficient (Wildman–Crippen LogP) is 6.31. The van der Waals surface area contributed by atoms with Crippen molar-refractivity contribution < 1.29 is 31.3 Å². The van der Waals surface area contributed by atoms with Gasteiger partial charge in [-0.1, -0.05) is 49.8 Å². The summed E-state index contributed by atoms with van der Waals surface area (Å²) in [6.07, 6.45) is 5.09. The molecule has 9 heteroatoms. The normalized spacial score (nSPS) is 13.4. The number of rotatable bonds is 13. The van der Waals surface area contributed by atoms with Gasteiger partial charge in [-0.25, -0.2) is 0 Å². The van der Waals surface area contributed by atoms with E-state index in [9.17, 15) is 17.5 Å². The minimum atomic E-state index is -4.65. The van der Waals surface area contributed by atoms with Crippen LogP contribution in [0.4, 0.5) is 0 Å². The van der Waals surface area contributed by atoms with Crippen LogP contribution in [0, 0.1) is 0 Å². The Morgan fingerprint density at radius 2 is 1.47 bits per heavy atom. The molecule has 0 aliphatic rings. The Hall–Kier alpha value is -1.96. The molecule has 0 heterocycles. The minimum absolute atomic E-state index is 0.00416. The SMILES string of the molecule is CCCc1ccc(Oc2ccc(/C=C/CC(P(=O)(OCC)OCC)S(=O)(=O)O)cc2)cc1. The molecule has 0 aliphatic heterocycles. The van der Waals surface area contributed by atoms with E-state index >= 15 is 0 Å². The van der Waals surface area contributed by atoms with Gasteiger partial charge < -0.3 is 13.8 Å². The first-order chi connectivity index (χ1) is 15.2. The third kappa shape index (κ3) is 7.87. The lowest BCUT2D eigenvalue weighted by Gasteiger charge is -2.23. The maximum atomic E-state index is 12.8. The van der Waals surface area contributed by atoms with Crippen LogP contribution in [0.25, 0.3) is 6.08 Å². The van der Waals surface area contributed by atoms with Gasteiger partial charge in [-0.05, 0) is 62.1 Å². The molecular weight excluding hydrogens is 451 g/mol. The summed E-state index contributed by atoms with van der Waals surface area (Å²) in [7, 11) is -8.69. The van der Waals surface area contributed by atoms with Gasteiger partial charge in [0.05, 0.1) is 13.2 Å². The fraction of sp³-hybridized carbons (Fsp3) is 0.391. The Kier molecular flexibility index (Phi) is 10.1. The minimum Gasteiger partial charge on any atom is -0.457 e. The summed E-state index contributed by atoms with van der Waals surface area (Å²) in [6, 6.07) is 15.2. The molecule has 0 aromatic heterocycles. The monoisotopic (exact) mass is 482 g/mol. The van der Waals surface area contributed by atoms with Crippen LogP contribution < -0.4 is 4.74 Å². The van der Waals surface area contributed by atoms with Crippen molar-refractivity contribution >= 4 is 23.8 Å². The molecule has 0 radical (unpaired) electrons. The Morgan fingerprint density at radius 1 is 0.938 bits per heavy atom. The predicted molar refractivity (Wildman–Crippen MR) is 127 cm³/mol. The van der Waals surface area contributed by atoms with Crippen molar-refractivity contribution in [2.45, 2.75) is 45.0 Å². The smallest absolute Gasteiger partial charge is 0.351 e. The molecule has 1 atom stereocenters. The van der Waals surface area contributed by atoms with Crippen LogP contribution >= 0.6 is 7.60 Å². The molecule has 2 aromatic rings. The van der Waals surface area contributed by atoms with Crippen LogP contribution in [0.1, 0.15) is 44.7 Å². The third-order valence-electron chi connectivity index (χ3n) is 4.54. The molecule has 176 valence electrons. The van der Waals surface area contributed by atoms with E-state index in [1.54, 1.807) is 32.1 Å². The van der Waals surface area contributed by atoms with E-state index in [1.165, 1.54) is 11.6 Å². The van der Waals surface area contributed by atoms with Crippen molar-refractivity contribution in [2.24, 2.45) is 0 Å². The summed E-state index contributed by atoms with van der Waals surface area (Å²) < 4.78 is 62.1. The number of allylic oxidation sites excluding steroid dienone is 1. The summed E-state index contributed by atoms with van der Waals surface area (Å²) in [5.41, 5.74) is 2.05. The molecular formula is C23H31O7PS. The fourth-order valence-corrected chi connectivity index (χ4v) is 6.63. The Morgan fingerprint density at radius 3 is 1.94 bits per heavy atom. The van der Waals surface area contributed by atoms with Gasteiger partial charge in [-0.3, -0.25) is 9.12 Å². The van der Waals surface area contributed by atoms with Crippen molar-refractivity contribution in [1.29, 1.82) is 0 Å². The van der Waals surface area contributed by atoms with Crippen LogP contribution in [-0.2, 0) is 30.2 Å². The topological polar surface area (TPSA) is 99.1 Å². The molecule has 0 fully saturated rings. The quantitative estimate of drug-likeness (QED) is 0.264. The average molecular weight is 483 g/mol. The summed E-state index contributed by atoms with van der Waals surface area (Å²) in [4.78, 5) is -1.69. The molecule has 2 rings (SSSR count). The molecule has 0 spiro atoms. The van der Waals surface area contributed by atoms with E-state index in [0.717, 1.165) is 24.2 Å². The van der Waals surface area contributed by atoms with Gasteiger partial charge in [0.25, 0.3) is 10.1 Å². The van der Waals surface area contributed by atoms with Crippen LogP contribution in [0.2, 0.25) is 0 Å². The van der Waals surface area contributed by atoms with Gasteiger partial charge in [0, 0.05) is 0 Å². The summed E-state index contributed by atoms with van der Waals surface area (Å²) in [6.45, 7) is 5.28. The summed E-state index contributed by atoms with van der Waals surface area (Å²) >= 11 is 0. The van der Waals surface area contributed by atoms with E-state index < -0.39 is 22.7 Å². The van der Waals surface area contributed by atoms with E-state index in [1.807, 2.05) is 36.4 Å². The maximum Gasteiger partial charge on any atom is 0.351 e. The molecule has 2 aromatic carbocycles. The van der Waals surface area contributed by atoms with E-state index in [0.29, 0.717) is 5.75 Å². The number of ether oxygens (including phenoxy) is 1. The fourth-order valence-electron chi connectivity index (χ4n) is 3.09. The Labute approximate surface area is 190 Å². The number of benzene rings is 2. The summed E-state index contributed by atoms with van der Waals surface area (Å²) in [5.74, 6) is 1.41. The zero-order valence-corrected chi connectivity index (χ0v) is 20.3. The highest BCUT2D eigenvalue weighted by molar-refractivity contribution is 7.94. The maximum absolute atomic E-state index is 12.8. The van der Waals surface area contributed by atoms with Gasteiger partial charge in [0.1, 0.15) is 11.5 Å². The third-order valence-corrected chi connectivity index (χ3v) is 9.15. The molecule has 32 heavy (non-hydrogen) atoms. The molecule has 0 bridgehead atoms. The van der Waals surface area contributed by atoms with E-state index in [4.69, 9.17) is 13.8 Å². The highest BCUT2D eigenvalue weighted by Crippen LogP contribution is 2.56. The van der Waals surface area contributed by atoms with Crippen molar-refractivity contribution in [2.75, 3.05) is 13.2 Å². The van der Waals surface area contributed by atoms with Gasteiger partial charge in [-0.15, -0.1) is 0 Å². The lowest BCUT2D eigenvalue weighted by molar-refractivity contribution is 0.216. The van der Waals surface area contributed by atoms with Crippen LogP contribution in [0.3, 0.4) is 0 Å². The average Bonchev–Trinajstić information content (AvgIpc) is 2.73. The Balaban J connectivity index is 2.06. The second kappa shape index (κ2) is 12.3. The largest absolute Gasteiger partial charge is 0.457 e. The molecule has 0 aliphatic carbocycles. The molecule has 0 amide bonds. The molecule has 0 saturated heterocycles. The summed E-state index contributed by atoms with van der Waals surface area (Å²) in [5, 5.41) is 0. The number of aryl methyl sites for hydroxylation is 1. The van der Waals surface area contributed by atoms with Crippen molar-refractivity contribution in [1.82, 2.24) is 0 Å². The number of hydrogen-bond acceptors (Lipinski definition) is 6.